The van der Waals surface area contributed by atoms with Crippen LogP contribution in [0.15, 0.2) is 28.7 Å². The predicted molar refractivity (Wildman–Crippen MR) is 115 cm³/mol. The fourth-order valence-electron chi connectivity index (χ4n) is 3.14. The molecule has 0 amide bonds. The van der Waals surface area contributed by atoms with Crippen LogP contribution in [0, 0.1) is 26.2 Å². The van der Waals surface area contributed by atoms with Crippen molar-refractivity contribution in [2.75, 3.05) is 11.9 Å². The summed E-state index contributed by atoms with van der Waals surface area (Å²) in [6, 6.07) is 8.73. The highest BCUT2D eigenvalue weighted by Crippen LogP contribution is 2.39. The highest BCUT2D eigenvalue weighted by atomic mass is 79.9. The summed E-state index contributed by atoms with van der Waals surface area (Å²) in [5.41, 5.74) is 7.67. The molecule has 1 heterocycles. The molecule has 1 N–H and O–H groups in total. The molecule has 0 unspecified atom stereocenters. The summed E-state index contributed by atoms with van der Waals surface area (Å²) in [6.07, 6.45) is 0. The van der Waals surface area contributed by atoms with Gasteiger partial charge in [0, 0.05) is 16.6 Å². The number of aromatic nitrogens is 1. The second kappa shape index (κ2) is 6.73. The van der Waals surface area contributed by atoms with Crippen LogP contribution in [0.1, 0.15) is 37.5 Å². The van der Waals surface area contributed by atoms with Gasteiger partial charge in [0.15, 0.2) is 5.13 Å². The first-order valence-corrected chi connectivity index (χ1v) is 10.2. The van der Waals surface area contributed by atoms with Crippen LogP contribution in [0.25, 0.3) is 21.3 Å². The van der Waals surface area contributed by atoms with Crippen molar-refractivity contribution in [1.29, 1.82) is 0 Å². The lowest BCUT2D eigenvalue weighted by Gasteiger charge is -2.18. The average Bonchev–Trinajstić information content (AvgIpc) is 2.94. The van der Waals surface area contributed by atoms with Crippen LogP contribution in [-0.4, -0.2) is 11.5 Å². The van der Waals surface area contributed by atoms with E-state index in [1.807, 2.05) is 0 Å². The van der Waals surface area contributed by atoms with Gasteiger partial charge >= 0.3 is 0 Å². The van der Waals surface area contributed by atoms with Gasteiger partial charge in [-0.1, -0.05) is 66.2 Å². The summed E-state index contributed by atoms with van der Waals surface area (Å²) in [5.74, 6) is 0. The van der Waals surface area contributed by atoms with Crippen molar-refractivity contribution in [3.63, 3.8) is 0 Å². The van der Waals surface area contributed by atoms with Crippen molar-refractivity contribution in [1.82, 2.24) is 4.98 Å². The normalized spacial score (nSPS) is 12.0. The van der Waals surface area contributed by atoms with Crippen LogP contribution in [0.3, 0.4) is 0 Å². The third-order valence-corrected chi connectivity index (χ3v) is 6.53. The first-order valence-electron chi connectivity index (χ1n) is 8.57. The van der Waals surface area contributed by atoms with Crippen LogP contribution < -0.4 is 5.32 Å². The Morgan fingerprint density at radius 2 is 1.84 bits per heavy atom. The Morgan fingerprint density at radius 3 is 2.52 bits per heavy atom. The molecule has 4 heteroatoms. The standard InChI is InChI=1S/C21H25BrN2S/c1-12-10-13(2)18(22)14(3)17(12)15-8-7-9-16-19(15)24-20(25-16)23-11-21(4,5)6/h7-10H,11H2,1-6H3,(H,23,24). The van der Waals surface area contributed by atoms with E-state index in [4.69, 9.17) is 4.98 Å². The molecule has 0 spiro atoms. The van der Waals surface area contributed by atoms with Gasteiger partial charge in [-0.25, -0.2) is 4.98 Å². The lowest BCUT2D eigenvalue weighted by Crippen LogP contribution is -2.18. The number of anilines is 1. The average molecular weight is 417 g/mol. The van der Waals surface area contributed by atoms with E-state index in [-0.39, 0.29) is 5.41 Å². The number of hydrogen-bond donors (Lipinski definition) is 1. The maximum atomic E-state index is 4.92. The minimum absolute atomic E-state index is 0.232. The topological polar surface area (TPSA) is 24.9 Å². The van der Waals surface area contributed by atoms with Gasteiger partial charge in [-0.15, -0.1) is 0 Å². The number of rotatable bonds is 3. The van der Waals surface area contributed by atoms with E-state index in [1.54, 1.807) is 11.3 Å². The van der Waals surface area contributed by atoms with E-state index >= 15 is 0 Å². The third-order valence-electron chi connectivity index (χ3n) is 4.34. The predicted octanol–water partition coefficient (Wildman–Crippen LogP) is 7.11. The van der Waals surface area contributed by atoms with Crippen molar-refractivity contribution in [2.45, 2.75) is 41.5 Å². The van der Waals surface area contributed by atoms with Crippen molar-refractivity contribution in [2.24, 2.45) is 5.41 Å². The number of benzene rings is 2. The Labute approximate surface area is 162 Å². The van der Waals surface area contributed by atoms with E-state index in [9.17, 15) is 0 Å². The lowest BCUT2D eigenvalue weighted by molar-refractivity contribution is 0.443. The molecule has 3 rings (SSSR count). The molecule has 3 aromatic rings. The number of para-hydroxylation sites is 1. The van der Waals surface area contributed by atoms with E-state index < -0.39 is 0 Å². The Hall–Kier alpha value is -1.39. The molecule has 2 aromatic carbocycles. The molecule has 2 nitrogen and oxygen atoms in total. The van der Waals surface area contributed by atoms with Gasteiger partial charge in [0.05, 0.1) is 10.2 Å². The monoisotopic (exact) mass is 416 g/mol. The zero-order valence-corrected chi connectivity index (χ0v) is 18.2. The lowest BCUT2D eigenvalue weighted by atomic mass is 9.93. The third kappa shape index (κ3) is 3.75. The number of hydrogen-bond acceptors (Lipinski definition) is 3. The number of fused-ring (bicyclic) bond motifs is 1. The Balaban J connectivity index is 2.12. The van der Waals surface area contributed by atoms with E-state index in [2.05, 4.69) is 87.1 Å². The number of nitrogens with zero attached hydrogens (tertiary/aromatic N) is 1. The van der Waals surface area contributed by atoms with Gasteiger partial charge in [-0.3, -0.25) is 0 Å². The summed E-state index contributed by atoms with van der Waals surface area (Å²) in [7, 11) is 0. The van der Waals surface area contributed by atoms with Crippen LogP contribution in [0.4, 0.5) is 5.13 Å². The number of halogens is 1. The SMILES string of the molecule is Cc1cc(C)c(-c2cccc3sc(NCC(C)(C)C)nc23)c(C)c1Br. The molecular weight excluding hydrogens is 392 g/mol. The van der Waals surface area contributed by atoms with E-state index in [1.165, 1.54) is 37.0 Å². The van der Waals surface area contributed by atoms with Gasteiger partial charge in [0.1, 0.15) is 0 Å². The molecule has 25 heavy (non-hydrogen) atoms. The first-order chi connectivity index (χ1) is 11.7. The maximum Gasteiger partial charge on any atom is 0.183 e. The van der Waals surface area contributed by atoms with Crippen molar-refractivity contribution < 1.29 is 0 Å². The van der Waals surface area contributed by atoms with Crippen LogP contribution in [-0.2, 0) is 0 Å². The maximum absolute atomic E-state index is 4.92. The van der Waals surface area contributed by atoms with Crippen LogP contribution in [0.2, 0.25) is 0 Å². The molecule has 0 saturated heterocycles. The summed E-state index contributed by atoms with van der Waals surface area (Å²) >= 11 is 5.48. The first kappa shape index (κ1) is 18.4. The van der Waals surface area contributed by atoms with Crippen molar-refractivity contribution in [3.05, 3.63) is 45.4 Å². The summed E-state index contributed by atoms with van der Waals surface area (Å²) in [4.78, 5) is 4.92. The second-order valence-electron chi connectivity index (χ2n) is 7.91. The van der Waals surface area contributed by atoms with Gasteiger partial charge < -0.3 is 5.32 Å². The highest BCUT2D eigenvalue weighted by Gasteiger charge is 2.17. The van der Waals surface area contributed by atoms with Gasteiger partial charge in [-0.2, -0.15) is 0 Å². The zero-order valence-electron chi connectivity index (χ0n) is 15.7. The highest BCUT2D eigenvalue weighted by molar-refractivity contribution is 9.10. The summed E-state index contributed by atoms with van der Waals surface area (Å²) in [6.45, 7) is 14.1. The number of aryl methyl sites for hydroxylation is 2. The smallest absolute Gasteiger partial charge is 0.183 e. The van der Waals surface area contributed by atoms with E-state index in [0.29, 0.717) is 0 Å². The summed E-state index contributed by atoms with van der Waals surface area (Å²) in [5, 5.41) is 4.50. The van der Waals surface area contributed by atoms with Gasteiger partial charge in [-0.05, 0) is 54.5 Å². The molecule has 0 bridgehead atoms. The Bertz CT molecular complexity index is 935. The molecule has 132 valence electrons. The molecule has 0 aliphatic heterocycles. The number of nitrogens with one attached hydrogen (secondary N) is 1. The molecule has 1 aromatic heterocycles. The van der Waals surface area contributed by atoms with Crippen molar-refractivity contribution >= 4 is 42.6 Å². The van der Waals surface area contributed by atoms with Gasteiger partial charge in [0.25, 0.3) is 0 Å². The molecule has 0 aliphatic rings. The number of thiazole rings is 1. The van der Waals surface area contributed by atoms with E-state index in [0.717, 1.165) is 17.2 Å². The molecular formula is C21H25BrN2S. The quantitative estimate of drug-likeness (QED) is 0.491. The largest absolute Gasteiger partial charge is 0.361 e. The zero-order chi connectivity index (χ0) is 18.4. The fraction of sp³-hybridized carbons (Fsp3) is 0.381. The molecule has 0 saturated carbocycles. The molecule has 0 atom stereocenters. The second-order valence-corrected chi connectivity index (χ2v) is 9.73. The molecule has 0 radical (unpaired) electrons. The van der Waals surface area contributed by atoms with Crippen LogP contribution in [0.5, 0.6) is 0 Å². The summed E-state index contributed by atoms with van der Waals surface area (Å²) < 4.78 is 2.41. The fourth-order valence-corrected chi connectivity index (χ4v) is 4.34. The Kier molecular flexibility index (Phi) is 4.95. The molecule has 0 fully saturated rings. The minimum Gasteiger partial charge on any atom is -0.361 e. The minimum atomic E-state index is 0.232. The van der Waals surface area contributed by atoms with Crippen LogP contribution >= 0.6 is 27.3 Å². The molecule has 0 aliphatic carbocycles. The van der Waals surface area contributed by atoms with Crippen molar-refractivity contribution in [3.8, 4) is 11.1 Å². The Morgan fingerprint density at radius 1 is 1.12 bits per heavy atom. The van der Waals surface area contributed by atoms with Gasteiger partial charge in [0.2, 0.25) is 0 Å².